The van der Waals surface area contributed by atoms with Gasteiger partial charge in [-0.2, -0.15) is 0 Å². The molecule has 1 atom stereocenters. The number of hydrogen-bond acceptors (Lipinski definition) is 5. The highest BCUT2D eigenvalue weighted by Gasteiger charge is 2.45. The van der Waals surface area contributed by atoms with Gasteiger partial charge in [0.25, 0.3) is 0 Å². The third-order valence-corrected chi connectivity index (χ3v) is 5.11. The van der Waals surface area contributed by atoms with Crippen LogP contribution in [0.3, 0.4) is 0 Å². The molecule has 0 radical (unpaired) electrons. The fourth-order valence-corrected chi connectivity index (χ4v) is 3.96. The maximum absolute atomic E-state index is 11.1. The molecular formula is C18H30ClN3O2. The molecule has 6 heteroatoms. The number of ether oxygens (including phenoxy) is 1. The standard InChI is InChI=1S/C18H29N3O2.ClH/c1-15-3-4-16(20-11-15)12-21(2)14-17(22)7-10-23-18(13-17)5-8-19-9-6-18;/h3-4,11,19,22H,5-10,12-14H2,1-2H3;1H. The molecule has 2 N–H and O–H groups in total. The second-order valence-electron chi connectivity index (χ2n) is 7.43. The van der Waals surface area contributed by atoms with Gasteiger partial charge in [0, 0.05) is 32.1 Å². The Labute approximate surface area is 151 Å². The molecule has 5 nitrogen and oxygen atoms in total. The topological polar surface area (TPSA) is 57.6 Å². The van der Waals surface area contributed by atoms with Crippen molar-refractivity contribution in [1.82, 2.24) is 15.2 Å². The van der Waals surface area contributed by atoms with Crippen molar-refractivity contribution in [2.24, 2.45) is 0 Å². The largest absolute Gasteiger partial charge is 0.388 e. The van der Waals surface area contributed by atoms with E-state index in [0.29, 0.717) is 19.6 Å². The molecule has 2 fully saturated rings. The van der Waals surface area contributed by atoms with Crippen molar-refractivity contribution >= 4 is 12.4 Å². The molecule has 3 heterocycles. The summed E-state index contributed by atoms with van der Waals surface area (Å²) in [4.78, 5) is 6.64. The van der Waals surface area contributed by atoms with Crippen LogP contribution in [0, 0.1) is 6.92 Å². The van der Waals surface area contributed by atoms with Crippen LogP contribution in [0.2, 0.25) is 0 Å². The lowest BCUT2D eigenvalue weighted by atomic mass is 9.77. The van der Waals surface area contributed by atoms with Crippen LogP contribution in [0.4, 0.5) is 0 Å². The number of aliphatic hydroxyl groups is 1. The van der Waals surface area contributed by atoms with Crippen molar-refractivity contribution in [3.63, 3.8) is 0 Å². The molecule has 1 unspecified atom stereocenters. The zero-order valence-electron chi connectivity index (χ0n) is 14.8. The minimum atomic E-state index is -0.658. The Bertz CT molecular complexity index is 514. The summed E-state index contributed by atoms with van der Waals surface area (Å²) in [6.07, 6.45) is 5.36. The number of rotatable bonds is 4. The summed E-state index contributed by atoms with van der Waals surface area (Å²) in [5, 5.41) is 14.5. The van der Waals surface area contributed by atoms with E-state index < -0.39 is 5.60 Å². The first kappa shape index (κ1) is 19.6. The van der Waals surface area contributed by atoms with Gasteiger partial charge in [0.2, 0.25) is 0 Å². The molecule has 3 rings (SSSR count). The average molecular weight is 356 g/mol. The number of pyridine rings is 1. The molecule has 1 spiro atoms. The summed E-state index contributed by atoms with van der Waals surface area (Å²) >= 11 is 0. The van der Waals surface area contributed by atoms with Crippen LogP contribution in [0.15, 0.2) is 18.3 Å². The molecule has 2 aliphatic rings. The quantitative estimate of drug-likeness (QED) is 0.864. The average Bonchev–Trinajstić information content (AvgIpc) is 2.49. The van der Waals surface area contributed by atoms with Crippen LogP contribution < -0.4 is 5.32 Å². The van der Waals surface area contributed by atoms with Crippen LogP contribution in [0.25, 0.3) is 0 Å². The lowest BCUT2D eigenvalue weighted by Crippen LogP contribution is -2.56. The molecule has 136 valence electrons. The van der Waals surface area contributed by atoms with Crippen LogP contribution in [-0.4, -0.2) is 59.5 Å². The second kappa shape index (κ2) is 8.11. The van der Waals surface area contributed by atoms with Gasteiger partial charge in [0.1, 0.15) is 0 Å². The van der Waals surface area contributed by atoms with Crippen molar-refractivity contribution in [2.45, 2.75) is 50.4 Å². The summed E-state index contributed by atoms with van der Waals surface area (Å²) in [7, 11) is 2.06. The molecule has 0 saturated carbocycles. The van der Waals surface area contributed by atoms with E-state index in [9.17, 15) is 5.11 Å². The van der Waals surface area contributed by atoms with E-state index in [1.807, 2.05) is 13.1 Å². The minimum Gasteiger partial charge on any atom is -0.388 e. The van der Waals surface area contributed by atoms with Crippen LogP contribution in [-0.2, 0) is 11.3 Å². The Kier molecular flexibility index (Phi) is 6.62. The van der Waals surface area contributed by atoms with Crippen molar-refractivity contribution in [3.8, 4) is 0 Å². The zero-order valence-corrected chi connectivity index (χ0v) is 15.6. The van der Waals surface area contributed by atoms with E-state index in [2.05, 4.69) is 34.4 Å². The third kappa shape index (κ3) is 4.90. The summed E-state index contributed by atoms with van der Waals surface area (Å²) in [6.45, 7) is 6.11. The fourth-order valence-electron chi connectivity index (χ4n) is 3.96. The van der Waals surface area contributed by atoms with Gasteiger partial charge in [-0.3, -0.25) is 9.88 Å². The second-order valence-corrected chi connectivity index (χ2v) is 7.43. The molecule has 0 aromatic carbocycles. The Hall–Kier alpha value is -0.720. The van der Waals surface area contributed by atoms with Gasteiger partial charge in [-0.05, 0) is 51.5 Å². The summed E-state index contributed by atoms with van der Waals surface area (Å²) in [6, 6.07) is 4.15. The predicted octanol–water partition coefficient (Wildman–Crippen LogP) is 1.91. The van der Waals surface area contributed by atoms with Crippen molar-refractivity contribution < 1.29 is 9.84 Å². The van der Waals surface area contributed by atoms with Gasteiger partial charge in [-0.15, -0.1) is 12.4 Å². The Balaban J connectivity index is 0.00000208. The highest BCUT2D eigenvalue weighted by molar-refractivity contribution is 5.85. The van der Waals surface area contributed by atoms with E-state index in [-0.39, 0.29) is 18.0 Å². The van der Waals surface area contributed by atoms with Crippen LogP contribution in [0.1, 0.15) is 36.9 Å². The number of hydrogen-bond donors (Lipinski definition) is 2. The number of halogens is 1. The van der Waals surface area contributed by atoms with Gasteiger partial charge in [-0.25, -0.2) is 0 Å². The SMILES string of the molecule is Cc1ccc(CN(C)CC2(O)CCOC3(CCNCC3)C2)nc1.Cl. The van der Waals surface area contributed by atoms with Gasteiger partial charge >= 0.3 is 0 Å². The summed E-state index contributed by atoms with van der Waals surface area (Å²) in [5.74, 6) is 0. The molecule has 24 heavy (non-hydrogen) atoms. The van der Waals surface area contributed by atoms with Crippen molar-refractivity contribution in [2.75, 3.05) is 33.3 Å². The molecule has 0 amide bonds. The molecule has 0 aliphatic carbocycles. The number of nitrogens with zero attached hydrogens (tertiary/aromatic N) is 2. The van der Waals surface area contributed by atoms with E-state index in [0.717, 1.165) is 44.6 Å². The van der Waals surface area contributed by atoms with E-state index >= 15 is 0 Å². The van der Waals surface area contributed by atoms with Crippen molar-refractivity contribution in [3.05, 3.63) is 29.6 Å². The van der Waals surface area contributed by atoms with Crippen molar-refractivity contribution in [1.29, 1.82) is 0 Å². The maximum Gasteiger partial charge on any atom is 0.0823 e. The monoisotopic (exact) mass is 355 g/mol. The molecule has 0 bridgehead atoms. The molecular weight excluding hydrogens is 326 g/mol. The maximum atomic E-state index is 11.1. The Morgan fingerprint density at radius 3 is 2.71 bits per heavy atom. The first-order chi connectivity index (χ1) is 11.0. The Morgan fingerprint density at radius 1 is 1.29 bits per heavy atom. The van der Waals surface area contributed by atoms with E-state index in [1.165, 1.54) is 5.56 Å². The number of likely N-dealkylation sites (N-methyl/N-ethyl adjacent to an activating group) is 1. The highest BCUT2D eigenvalue weighted by Crippen LogP contribution is 2.38. The van der Waals surface area contributed by atoms with Gasteiger partial charge in [-0.1, -0.05) is 6.07 Å². The zero-order chi connectivity index (χ0) is 16.3. The molecule has 1 aromatic rings. The predicted molar refractivity (Wildman–Crippen MR) is 97.5 cm³/mol. The first-order valence-electron chi connectivity index (χ1n) is 8.66. The van der Waals surface area contributed by atoms with Gasteiger partial charge in [0.05, 0.1) is 23.5 Å². The van der Waals surface area contributed by atoms with Gasteiger partial charge < -0.3 is 15.2 Å². The number of aryl methyl sites for hydroxylation is 1. The van der Waals surface area contributed by atoms with E-state index in [4.69, 9.17) is 4.74 Å². The number of aromatic nitrogens is 1. The normalized spacial score (nSPS) is 26.3. The fraction of sp³-hybridized carbons (Fsp3) is 0.722. The first-order valence-corrected chi connectivity index (χ1v) is 8.66. The number of nitrogens with one attached hydrogen (secondary N) is 1. The molecule has 2 aliphatic heterocycles. The summed E-state index contributed by atoms with van der Waals surface area (Å²) in [5.41, 5.74) is 1.44. The van der Waals surface area contributed by atoms with Crippen LogP contribution >= 0.6 is 12.4 Å². The third-order valence-electron chi connectivity index (χ3n) is 5.11. The lowest BCUT2D eigenvalue weighted by Gasteiger charge is -2.48. The lowest BCUT2D eigenvalue weighted by molar-refractivity contribution is -0.175. The minimum absolute atomic E-state index is 0. The summed E-state index contributed by atoms with van der Waals surface area (Å²) < 4.78 is 6.08. The number of piperidine rings is 1. The smallest absolute Gasteiger partial charge is 0.0823 e. The molecule has 1 aromatic heterocycles. The van der Waals surface area contributed by atoms with E-state index in [1.54, 1.807) is 0 Å². The Morgan fingerprint density at radius 2 is 2.04 bits per heavy atom. The van der Waals surface area contributed by atoms with Gasteiger partial charge in [0.15, 0.2) is 0 Å². The van der Waals surface area contributed by atoms with Crippen LogP contribution in [0.5, 0.6) is 0 Å². The highest BCUT2D eigenvalue weighted by atomic mass is 35.5. The molecule has 2 saturated heterocycles.